The van der Waals surface area contributed by atoms with Crippen LogP contribution < -0.4 is 10.6 Å². The standard InChI is InChI=1S/C14H26N4OS.HI/c1-5-15-14(18-11(2)9-19-4)16-8-6-7-13-17-12(3)10-20-13;/h10-11H,5-9H2,1-4H3,(H2,15,16,18);1H. The van der Waals surface area contributed by atoms with E-state index in [0.29, 0.717) is 6.61 Å². The number of methoxy groups -OCH3 is 1. The van der Waals surface area contributed by atoms with Crippen molar-refractivity contribution in [3.05, 3.63) is 16.1 Å². The minimum atomic E-state index is 0. The van der Waals surface area contributed by atoms with E-state index in [0.717, 1.165) is 37.6 Å². The molecule has 122 valence electrons. The van der Waals surface area contributed by atoms with Crippen molar-refractivity contribution in [1.29, 1.82) is 0 Å². The van der Waals surface area contributed by atoms with Gasteiger partial charge in [0.05, 0.1) is 11.6 Å². The molecule has 0 saturated heterocycles. The first-order valence-electron chi connectivity index (χ1n) is 7.10. The van der Waals surface area contributed by atoms with Crippen molar-refractivity contribution in [2.45, 2.75) is 39.7 Å². The Bertz CT molecular complexity index is 411. The number of hydrogen-bond acceptors (Lipinski definition) is 4. The fourth-order valence-electron chi connectivity index (χ4n) is 1.78. The average molecular weight is 426 g/mol. The van der Waals surface area contributed by atoms with Crippen LogP contribution in [-0.4, -0.2) is 43.8 Å². The zero-order valence-corrected chi connectivity index (χ0v) is 16.5. The van der Waals surface area contributed by atoms with Gasteiger partial charge in [0, 0.05) is 43.7 Å². The van der Waals surface area contributed by atoms with Crippen LogP contribution in [0.4, 0.5) is 0 Å². The summed E-state index contributed by atoms with van der Waals surface area (Å²) < 4.78 is 5.12. The maximum atomic E-state index is 5.12. The number of aliphatic imine (C=N–C) groups is 1. The lowest BCUT2D eigenvalue weighted by Crippen LogP contribution is -2.44. The van der Waals surface area contributed by atoms with Gasteiger partial charge in [0.2, 0.25) is 0 Å². The molecule has 21 heavy (non-hydrogen) atoms. The van der Waals surface area contributed by atoms with E-state index >= 15 is 0 Å². The van der Waals surface area contributed by atoms with Crippen molar-refractivity contribution in [3.63, 3.8) is 0 Å². The van der Waals surface area contributed by atoms with E-state index in [-0.39, 0.29) is 30.0 Å². The Morgan fingerprint density at radius 2 is 2.29 bits per heavy atom. The predicted molar refractivity (Wildman–Crippen MR) is 101 cm³/mol. The van der Waals surface area contributed by atoms with Crippen LogP contribution in [0.15, 0.2) is 10.4 Å². The molecule has 1 atom stereocenters. The minimum Gasteiger partial charge on any atom is -0.383 e. The van der Waals surface area contributed by atoms with Gasteiger partial charge in [-0.3, -0.25) is 4.99 Å². The van der Waals surface area contributed by atoms with E-state index in [1.807, 2.05) is 6.92 Å². The Balaban J connectivity index is 0.00000400. The van der Waals surface area contributed by atoms with Gasteiger partial charge >= 0.3 is 0 Å². The van der Waals surface area contributed by atoms with Crippen molar-refractivity contribution >= 4 is 41.3 Å². The second kappa shape index (κ2) is 12.2. The summed E-state index contributed by atoms with van der Waals surface area (Å²) in [6.45, 7) is 8.50. The summed E-state index contributed by atoms with van der Waals surface area (Å²) in [5.74, 6) is 0.854. The molecule has 0 saturated carbocycles. The molecule has 0 radical (unpaired) electrons. The molecule has 7 heteroatoms. The molecule has 0 spiro atoms. The zero-order valence-electron chi connectivity index (χ0n) is 13.3. The number of nitrogens with zero attached hydrogens (tertiary/aromatic N) is 2. The number of nitrogens with one attached hydrogen (secondary N) is 2. The summed E-state index contributed by atoms with van der Waals surface area (Å²) in [5, 5.41) is 9.86. The molecule has 0 aliphatic rings. The monoisotopic (exact) mass is 426 g/mol. The molecule has 1 rings (SSSR count). The molecule has 0 amide bonds. The molecular weight excluding hydrogens is 399 g/mol. The predicted octanol–water partition coefficient (Wildman–Crippen LogP) is 2.59. The maximum absolute atomic E-state index is 5.12. The van der Waals surface area contributed by atoms with Crippen LogP contribution in [0.25, 0.3) is 0 Å². The van der Waals surface area contributed by atoms with E-state index < -0.39 is 0 Å². The first-order valence-corrected chi connectivity index (χ1v) is 7.98. The molecule has 1 aromatic rings. The van der Waals surface area contributed by atoms with Crippen molar-refractivity contribution in [1.82, 2.24) is 15.6 Å². The summed E-state index contributed by atoms with van der Waals surface area (Å²) in [6.07, 6.45) is 2.01. The highest BCUT2D eigenvalue weighted by molar-refractivity contribution is 14.0. The molecule has 1 heterocycles. The average Bonchev–Trinajstić information content (AvgIpc) is 2.81. The van der Waals surface area contributed by atoms with Crippen molar-refractivity contribution < 1.29 is 4.74 Å². The molecule has 0 aliphatic carbocycles. The number of aromatic nitrogens is 1. The van der Waals surface area contributed by atoms with E-state index in [1.165, 1.54) is 5.01 Å². The number of thiazole rings is 1. The highest BCUT2D eigenvalue weighted by Crippen LogP contribution is 2.10. The quantitative estimate of drug-likeness (QED) is 0.291. The van der Waals surface area contributed by atoms with Crippen molar-refractivity contribution in [2.75, 3.05) is 26.8 Å². The van der Waals surface area contributed by atoms with Crippen LogP contribution >= 0.6 is 35.3 Å². The van der Waals surface area contributed by atoms with Crippen LogP contribution in [0, 0.1) is 6.92 Å². The fourth-order valence-corrected chi connectivity index (χ4v) is 2.60. The van der Waals surface area contributed by atoms with Gasteiger partial charge in [-0.05, 0) is 27.2 Å². The summed E-state index contributed by atoms with van der Waals surface area (Å²) in [4.78, 5) is 9.03. The van der Waals surface area contributed by atoms with Gasteiger partial charge in [-0.25, -0.2) is 4.98 Å². The minimum absolute atomic E-state index is 0. The Hall–Kier alpha value is -0.410. The third-order valence-electron chi connectivity index (χ3n) is 2.63. The number of hydrogen-bond donors (Lipinski definition) is 2. The number of rotatable bonds is 8. The van der Waals surface area contributed by atoms with Crippen LogP contribution in [-0.2, 0) is 11.2 Å². The summed E-state index contributed by atoms with van der Waals surface area (Å²) in [7, 11) is 1.71. The second-order valence-electron chi connectivity index (χ2n) is 4.75. The molecule has 2 N–H and O–H groups in total. The second-order valence-corrected chi connectivity index (χ2v) is 5.69. The lowest BCUT2D eigenvalue weighted by Gasteiger charge is -2.16. The zero-order chi connectivity index (χ0) is 14.8. The normalized spacial score (nSPS) is 12.7. The summed E-state index contributed by atoms with van der Waals surface area (Å²) >= 11 is 1.73. The Morgan fingerprint density at radius 3 is 2.86 bits per heavy atom. The van der Waals surface area contributed by atoms with Gasteiger partial charge in [-0.1, -0.05) is 0 Å². The molecule has 1 aromatic heterocycles. The highest BCUT2D eigenvalue weighted by Gasteiger charge is 2.04. The van der Waals surface area contributed by atoms with Gasteiger partial charge in [0.25, 0.3) is 0 Å². The molecule has 0 aliphatic heterocycles. The molecular formula is C14H27IN4OS. The van der Waals surface area contributed by atoms with Crippen LogP contribution in [0.5, 0.6) is 0 Å². The first kappa shape index (κ1) is 20.6. The molecule has 1 unspecified atom stereocenters. The maximum Gasteiger partial charge on any atom is 0.191 e. The molecule has 0 bridgehead atoms. The number of halogens is 1. The third kappa shape index (κ3) is 9.26. The third-order valence-corrected chi connectivity index (χ3v) is 3.66. The van der Waals surface area contributed by atoms with Gasteiger partial charge in [0.15, 0.2) is 5.96 Å². The summed E-state index contributed by atoms with van der Waals surface area (Å²) in [5.41, 5.74) is 1.11. The van der Waals surface area contributed by atoms with Crippen LogP contribution in [0.1, 0.15) is 31.0 Å². The largest absolute Gasteiger partial charge is 0.383 e. The van der Waals surface area contributed by atoms with Gasteiger partial charge in [-0.2, -0.15) is 0 Å². The topological polar surface area (TPSA) is 58.5 Å². The van der Waals surface area contributed by atoms with E-state index in [1.54, 1.807) is 18.4 Å². The number of ether oxygens (including phenoxy) is 1. The van der Waals surface area contributed by atoms with Crippen LogP contribution in [0.3, 0.4) is 0 Å². The smallest absolute Gasteiger partial charge is 0.191 e. The van der Waals surface area contributed by atoms with Crippen molar-refractivity contribution in [3.8, 4) is 0 Å². The summed E-state index contributed by atoms with van der Waals surface area (Å²) in [6, 6.07) is 0.249. The number of guanidine groups is 1. The van der Waals surface area contributed by atoms with Crippen LogP contribution in [0.2, 0.25) is 0 Å². The molecule has 5 nitrogen and oxygen atoms in total. The fraction of sp³-hybridized carbons (Fsp3) is 0.714. The number of aryl methyl sites for hydroxylation is 2. The Kier molecular flexibility index (Phi) is 11.9. The SMILES string of the molecule is CCNC(=NCCCc1nc(C)cs1)NC(C)COC.I. The molecule has 0 fully saturated rings. The first-order chi connectivity index (χ1) is 9.65. The van der Waals surface area contributed by atoms with E-state index in [2.05, 4.69) is 39.8 Å². The lowest BCUT2D eigenvalue weighted by molar-refractivity contribution is 0.179. The van der Waals surface area contributed by atoms with Gasteiger partial charge < -0.3 is 15.4 Å². The Labute approximate surface area is 149 Å². The van der Waals surface area contributed by atoms with Gasteiger partial charge in [-0.15, -0.1) is 35.3 Å². The highest BCUT2D eigenvalue weighted by atomic mass is 127. The Morgan fingerprint density at radius 1 is 1.52 bits per heavy atom. The van der Waals surface area contributed by atoms with E-state index in [9.17, 15) is 0 Å². The van der Waals surface area contributed by atoms with Gasteiger partial charge in [0.1, 0.15) is 0 Å². The van der Waals surface area contributed by atoms with Crippen molar-refractivity contribution in [2.24, 2.45) is 4.99 Å². The lowest BCUT2D eigenvalue weighted by atomic mass is 10.3. The van der Waals surface area contributed by atoms with E-state index in [4.69, 9.17) is 4.74 Å². The molecule has 0 aromatic carbocycles.